The topological polar surface area (TPSA) is 51.0 Å². The van der Waals surface area contributed by atoms with Gasteiger partial charge in [-0.15, -0.1) is 16.7 Å². The van der Waals surface area contributed by atoms with Crippen LogP contribution >= 0.6 is 11.6 Å². The third-order valence-electron chi connectivity index (χ3n) is 2.72. The largest absolute Gasteiger partial charge is 0.407 e. The number of rotatable bonds is 6. The lowest BCUT2D eigenvalue weighted by molar-refractivity contribution is 0.502. The van der Waals surface area contributed by atoms with Crippen molar-refractivity contribution in [2.75, 3.05) is 5.32 Å². The molecule has 0 saturated heterocycles. The van der Waals surface area contributed by atoms with E-state index in [1.165, 1.54) is 19.3 Å². The van der Waals surface area contributed by atoms with Crippen molar-refractivity contribution >= 4 is 17.6 Å². The lowest BCUT2D eigenvalue weighted by atomic mass is 10.1. The fraction of sp³-hybridized carbons (Fsp3) is 0.800. The van der Waals surface area contributed by atoms with Crippen molar-refractivity contribution in [3.8, 4) is 0 Å². The Morgan fingerprint density at radius 3 is 2.87 bits per heavy atom. The molecule has 4 nitrogen and oxygen atoms in total. The second-order valence-electron chi connectivity index (χ2n) is 4.06. The average molecular weight is 230 g/mol. The van der Waals surface area contributed by atoms with Crippen molar-refractivity contribution in [1.82, 2.24) is 10.2 Å². The van der Waals surface area contributed by atoms with Crippen LogP contribution in [0.1, 0.15) is 38.5 Å². The van der Waals surface area contributed by atoms with Gasteiger partial charge < -0.3 is 9.73 Å². The van der Waals surface area contributed by atoms with E-state index in [0.717, 1.165) is 12.3 Å². The molecule has 0 spiro atoms. The van der Waals surface area contributed by atoms with Crippen molar-refractivity contribution < 1.29 is 4.42 Å². The lowest BCUT2D eigenvalue weighted by Crippen LogP contribution is -2.19. The maximum absolute atomic E-state index is 5.58. The zero-order valence-electron chi connectivity index (χ0n) is 8.87. The quantitative estimate of drug-likeness (QED) is 0.763. The minimum absolute atomic E-state index is 0.272. The highest BCUT2D eigenvalue weighted by molar-refractivity contribution is 6.16. The summed E-state index contributed by atoms with van der Waals surface area (Å²) in [4.78, 5) is 0. The maximum Gasteiger partial charge on any atom is 0.315 e. The molecule has 2 rings (SSSR count). The van der Waals surface area contributed by atoms with Gasteiger partial charge in [-0.05, 0) is 18.8 Å². The van der Waals surface area contributed by atoms with Gasteiger partial charge in [0.25, 0.3) is 0 Å². The van der Waals surface area contributed by atoms with Gasteiger partial charge in [-0.2, -0.15) is 0 Å². The van der Waals surface area contributed by atoms with E-state index >= 15 is 0 Å². The van der Waals surface area contributed by atoms with Crippen LogP contribution in [0.3, 0.4) is 0 Å². The molecule has 1 aliphatic rings. The zero-order valence-corrected chi connectivity index (χ0v) is 9.63. The van der Waals surface area contributed by atoms with Gasteiger partial charge in [0.2, 0.25) is 5.89 Å². The second-order valence-corrected chi connectivity index (χ2v) is 4.33. The molecule has 1 aromatic rings. The molecular formula is C10H16ClN3O. The van der Waals surface area contributed by atoms with E-state index in [2.05, 4.69) is 22.4 Å². The van der Waals surface area contributed by atoms with Crippen LogP contribution in [0.5, 0.6) is 0 Å². The first kappa shape index (κ1) is 10.7. The van der Waals surface area contributed by atoms with E-state index in [1.807, 2.05) is 0 Å². The third kappa shape index (κ3) is 3.09. The van der Waals surface area contributed by atoms with E-state index in [-0.39, 0.29) is 5.88 Å². The van der Waals surface area contributed by atoms with Gasteiger partial charge in [-0.25, -0.2) is 0 Å². The Bertz CT molecular complexity index is 311. The van der Waals surface area contributed by atoms with Gasteiger partial charge in [0, 0.05) is 6.04 Å². The highest BCUT2D eigenvalue weighted by Gasteiger charge is 2.25. The normalized spacial score (nSPS) is 17.7. The molecule has 1 aromatic heterocycles. The molecule has 0 radical (unpaired) electrons. The fourth-order valence-corrected chi connectivity index (χ4v) is 1.73. The summed E-state index contributed by atoms with van der Waals surface area (Å²) < 4.78 is 5.30. The van der Waals surface area contributed by atoms with Crippen LogP contribution in [-0.2, 0) is 5.88 Å². The average Bonchev–Trinajstić information content (AvgIpc) is 2.95. The molecule has 1 aliphatic carbocycles. The number of nitrogens with one attached hydrogen (secondary N) is 1. The molecular weight excluding hydrogens is 214 g/mol. The maximum atomic E-state index is 5.58. The minimum atomic E-state index is 0.272. The monoisotopic (exact) mass is 229 g/mol. The number of anilines is 1. The number of hydrogen-bond acceptors (Lipinski definition) is 4. The van der Waals surface area contributed by atoms with E-state index < -0.39 is 0 Å². The lowest BCUT2D eigenvalue weighted by Gasteiger charge is -2.14. The minimum Gasteiger partial charge on any atom is -0.407 e. The third-order valence-corrected chi connectivity index (χ3v) is 2.94. The summed E-state index contributed by atoms with van der Waals surface area (Å²) in [5.74, 6) is 1.65. The highest BCUT2D eigenvalue weighted by Crippen LogP contribution is 2.34. The summed E-state index contributed by atoms with van der Waals surface area (Å²) in [5, 5.41) is 11.0. The Morgan fingerprint density at radius 1 is 1.53 bits per heavy atom. The molecule has 0 aliphatic heterocycles. The summed E-state index contributed by atoms with van der Waals surface area (Å²) in [6, 6.07) is 0.944. The first-order valence-corrected chi connectivity index (χ1v) is 6.00. The van der Waals surface area contributed by atoms with Crippen molar-refractivity contribution in [3.63, 3.8) is 0 Å². The number of nitrogens with zero attached hydrogens (tertiary/aromatic N) is 2. The Labute approximate surface area is 94.4 Å². The van der Waals surface area contributed by atoms with Gasteiger partial charge in [0.1, 0.15) is 5.88 Å². The molecule has 0 amide bonds. The fourth-order valence-electron chi connectivity index (χ4n) is 1.62. The second kappa shape index (κ2) is 4.84. The molecule has 1 fully saturated rings. The molecule has 1 N–H and O–H groups in total. The predicted molar refractivity (Wildman–Crippen MR) is 58.9 cm³/mol. The van der Waals surface area contributed by atoms with Crippen LogP contribution in [0.15, 0.2) is 4.42 Å². The molecule has 1 saturated carbocycles. The van der Waals surface area contributed by atoms with E-state index in [1.54, 1.807) is 0 Å². The van der Waals surface area contributed by atoms with Crippen LogP contribution in [0.4, 0.5) is 6.01 Å². The van der Waals surface area contributed by atoms with E-state index in [9.17, 15) is 0 Å². The van der Waals surface area contributed by atoms with Gasteiger partial charge in [0.05, 0.1) is 0 Å². The Kier molecular flexibility index (Phi) is 3.46. The number of aromatic nitrogens is 2. The first-order valence-electron chi connectivity index (χ1n) is 5.46. The summed E-state index contributed by atoms with van der Waals surface area (Å²) in [7, 11) is 0. The Balaban J connectivity index is 1.86. The predicted octanol–water partition coefficient (Wildman–Crippen LogP) is 2.80. The summed E-state index contributed by atoms with van der Waals surface area (Å²) in [6.45, 7) is 2.17. The molecule has 84 valence electrons. The number of halogens is 1. The molecule has 15 heavy (non-hydrogen) atoms. The van der Waals surface area contributed by atoms with Gasteiger partial charge in [-0.1, -0.05) is 24.9 Å². The van der Waals surface area contributed by atoms with E-state index in [0.29, 0.717) is 17.9 Å². The smallest absolute Gasteiger partial charge is 0.315 e. The summed E-state index contributed by atoms with van der Waals surface area (Å²) >= 11 is 5.58. The van der Waals surface area contributed by atoms with Crippen LogP contribution in [0.25, 0.3) is 0 Å². The number of alkyl halides is 1. The van der Waals surface area contributed by atoms with E-state index in [4.69, 9.17) is 16.0 Å². The van der Waals surface area contributed by atoms with Crippen LogP contribution < -0.4 is 5.32 Å². The molecule has 1 heterocycles. The van der Waals surface area contributed by atoms with Crippen molar-refractivity contribution in [3.05, 3.63) is 5.89 Å². The number of hydrogen-bond donors (Lipinski definition) is 1. The van der Waals surface area contributed by atoms with Crippen molar-refractivity contribution in [2.45, 2.75) is 44.5 Å². The van der Waals surface area contributed by atoms with Gasteiger partial charge in [-0.3, -0.25) is 0 Å². The van der Waals surface area contributed by atoms with Crippen molar-refractivity contribution in [2.24, 2.45) is 5.92 Å². The van der Waals surface area contributed by atoms with Gasteiger partial charge in [0.15, 0.2) is 0 Å². The van der Waals surface area contributed by atoms with Crippen LogP contribution in [0.2, 0.25) is 0 Å². The highest BCUT2D eigenvalue weighted by atomic mass is 35.5. The zero-order chi connectivity index (χ0) is 10.7. The van der Waals surface area contributed by atoms with Crippen molar-refractivity contribution in [1.29, 1.82) is 0 Å². The SMILES string of the molecule is CCC(CC1CC1)Nc1nnc(CCl)o1. The Hall–Kier alpha value is -0.770. The van der Waals surface area contributed by atoms with Crippen LogP contribution in [-0.4, -0.2) is 16.2 Å². The first-order chi connectivity index (χ1) is 7.31. The Morgan fingerprint density at radius 2 is 2.33 bits per heavy atom. The summed E-state index contributed by atoms with van der Waals surface area (Å²) in [6.07, 6.45) is 5.02. The molecule has 0 bridgehead atoms. The van der Waals surface area contributed by atoms with Gasteiger partial charge >= 0.3 is 6.01 Å². The summed E-state index contributed by atoms with van der Waals surface area (Å²) in [5.41, 5.74) is 0. The van der Waals surface area contributed by atoms with Crippen LogP contribution in [0, 0.1) is 5.92 Å². The molecule has 0 aromatic carbocycles. The molecule has 1 unspecified atom stereocenters. The molecule has 1 atom stereocenters. The molecule has 5 heteroatoms. The standard InChI is InChI=1S/C10H16ClN3O/c1-2-8(5-7-3-4-7)12-10-14-13-9(6-11)15-10/h7-8H,2-6H2,1H3,(H,12,14).